The summed E-state index contributed by atoms with van der Waals surface area (Å²) >= 11 is 0. The SMILES string of the molecule is Cc1cnc([C@H]2CCN(CCOc3ccc(F)cc3)C2)[nH]1. The zero-order chi connectivity index (χ0) is 14.7. The van der Waals surface area contributed by atoms with E-state index in [-0.39, 0.29) is 5.82 Å². The van der Waals surface area contributed by atoms with Gasteiger partial charge in [0.15, 0.2) is 0 Å². The molecule has 0 spiro atoms. The topological polar surface area (TPSA) is 41.2 Å². The van der Waals surface area contributed by atoms with Crippen molar-refractivity contribution in [1.29, 1.82) is 0 Å². The molecule has 0 amide bonds. The minimum atomic E-state index is -0.238. The standard InChI is InChI=1S/C16H20FN3O/c1-12-10-18-16(19-12)13-6-7-20(11-13)8-9-21-15-4-2-14(17)3-5-15/h2-5,10,13H,6-9,11H2,1H3,(H,18,19)/t13-/m0/s1. The van der Waals surface area contributed by atoms with Crippen LogP contribution < -0.4 is 4.74 Å². The van der Waals surface area contributed by atoms with Crippen LogP contribution >= 0.6 is 0 Å². The fourth-order valence-electron chi connectivity index (χ4n) is 2.72. The van der Waals surface area contributed by atoms with Gasteiger partial charge in [0.05, 0.1) is 0 Å². The lowest BCUT2D eigenvalue weighted by molar-refractivity contribution is 0.235. The summed E-state index contributed by atoms with van der Waals surface area (Å²) in [6.07, 6.45) is 3.01. The quantitative estimate of drug-likeness (QED) is 0.920. The highest BCUT2D eigenvalue weighted by atomic mass is 19.1. The summed E-state index contributed by atoms with van der Waals surface area (Å²) in [5.74, 6) is 2.06. The van der Waals surface area contributed by atoms with Crippen molar-refractivity contribution in [2.24, 2.45) is 0 Å². The Morgan fingerprint density at radius 1 is 1.38 bits per heavy atom. The van der Waals surface area contributed by atoms with Gasteiger partial charge in [-0.1, -0.05) is 0 Å². The van der Waals surface area contributed by atoms with Gasteiger partial charge in [-0.2, -0.15) is 0 Å². The van der Waals surface area contributed by atoms with Crippen molar-refractivity contribution in [2.75, 3.05) is 26.2 Å². The summed E-state index contributed by atoms with van der Waals surface area (Å²) in [5.41, 5.74) is 1.11. The Kier molecular flexibility index (Phi) is 4.20. The number of ether oxygens (including phenoxy) is 1. The van der Waals surface area contributed by atoms with Gasteiger partial charge in [0.1, 0.15) is 24.0 Å². The molecule has 1 fully saturated rings. The van der Waals surface area contributed by atoms with Gasteiger partial charge in [0, 0.05) is 30.9 Å². The van der Waals surface area contributed by atoms with Crippen molar-refractivity contribution in [3.63, 3.8) is 0 Å². The minimum Gasteiger partial charge on any atom is -0.492 e. The van der Waals surface area contributed by atoms with Gasteiger partial charge in [0.2, 0.25) is 0 Å². The molecule has 1 aromatic heterocycles. The zero-order valence-corrected chi connectivity index (χ0v) is 12.2. The summed E-state index contributed by atoms with van der Waals surface area (Å²) in [4.78, 5) is 10.1. The second-order valence-corrected chi connectivity index (χ2v) is 5.54. The minimum absolute atomic E-state index is 0.238. The Hall–Kier alpha value is -1.88. The van der Waals surface area contributed by atoms with Crippen LogP contribution in [0.2, 0.25) is 0 Å². The molecule has 1 atom stereocenters. The Morgan fingerprint density at radius 2 is 2.19 bits per heavy atom. The molecule has 5 heteroatoms. The van der Waals surface area contributed by atoms with Gasteiger partial charge in [-0.25, -0.2) is 9.37 Å². The number of nitrogens with one attached hydrogen (secondary N) is 1. The fourth-order valence-corrected chi connectivity index (χ4v) is 2.72. The highest BCUT2D eigenvalue weighted by Crippen LogP contribution is 2.24. The summed E-state index contributed by atoms with van der Waals surface area (Å²) in [6.45, 7) is 5.61. The first-order valence-corrected chi connectivity index (χ1v) is 7.33. The van der Waals surface area contributed by atoms with E-state index in [2.05, 4.69) is 14.9 Å². The lowest BCUT2D eigenvalue weighted by atomic mass is 10.1. The molecule has 0 saturated carbocycles. The number of aromatic amines is 1. The van der Waals surface area contributed by atoms with E-state index < -0.39 is 0 Å². The van der Waals surface area contributed by atoms with Gasteiger partial charge >= 0.3 is 0 Å². The highest BCUT2D eigenvalue weighted by Gasteiger charge is 2.25. The third kappa shape index (κ3) is 3.61. The van der Waals surface area contributed by atoms with Crippen LogP contribution in [0.3, 0.4) is 0 Å². The Morgan fingerprint density at radius 3 is 2.90 bits per heavy atom. The third-order valence-corrected chi connectivity index (χ3v) is 3.87. The van der Waals surface area contributed by atoms with Gasteiger partial charge < -0.3 is 9.72 Å². The molecular weight excluding hydrogens is 269 g/mol. The average molecular weight is 289 g/mol. The van der Waals surface area contributed by atoms with Gasteiger partial charge in [-0.3, -0.25) is 4.90 Å². The second-order valence-electron chi connectivity index (χ2n) is 5.54. The van der Waals surface area contributed by atoms with E-state index >= 15 is 0 Å². The molecule has 0 aliphatic carbocycles. The van der Waals surface area contributed by atoms with E-state index in [4.69, 9.17) is 4.74 Å². The fraction of sp³-hybridized carbons (Fsp3) is 0.438. The molecule has 3 rings (SSSR count). The first-order valence-electron chi connectivity index (χ1n) is 7.33. The predicted molar refractivity (Wildman–Crippen MR) is 79.0 cm³/mol. The largest absolute Gasteiger partial charge is 0.492 e. The van der Waals surface area contributed by atoms with Crippen LogP contribution in [0.25, 0.3) is 0 Å². The number of imidazole rings is 1. The zero-order valence-electron chi connectivity index (χ0n) is 12.2. The number of nitrogens with zero attached hydrogens (tertiary/aromatic N) is 2. The number of rotatable bonds is 5. The van der Waals surface area contributed by atoms with Crippen molar-refractivity contribution in [2.45, 2.75) is 19.3 Å². The molecule has 1 aliphatic heterocycles. The molecule has 2 aromatic rings. The molecule has 1 N–H and O–H groups in total. The van der Waals surface area contributed by atoms with E-state index in [1.807, 2.05) is 13.1 Å². The maximum Gasteiger partial charge on any atom is 0.123 e. The number of H-pyrrole nitrogens is 1. The first-order chi connectivity index (χ1) is 10.2. The maximum atomic E-state index is 12.8. The number of benzene rings is 1. The number of hydrogen-bond donors (Lipinski definition) is 1. The van der Waals surface area contributed by atoms with Crippen LogP contribution in [0, 0.1) is 12.7 Å². The number of hydrogen-bond acceptors (Lipinski definition) is 3. The van der Waals surface area contributed by atoms with Crippen LogP contribution in [0.4, 0.5) is 4.39 Å². The van der Waals surface area contributed by atoms with Crippen LogP contribution in [0.5, 0.6) is 5.75 Å². The Labute approximate surface area is 124 Å². The van der Waals surface area contributed by atoms with Crippen LogP contribution in [0.1, 0.15) is 23.9 Å². The van der Waals surface area contributed by atoms with Crippen molar-refractivity contribution < 1.29 is 9.13 Å². The molecule has 112 valence electrons. The molecule has 0 unspecified atom stereocenters. The van der Waals surface area contributed by atoms with Crippen molar-refractivity contribution in [1.82, 2.24) is 14.9 Å². The highest BCUT2D eigenvalue weighted by molar-refractivity contribution is 5.22. The molecule has 1 aliphatic rings. The van der Waals surface area contributed by atoms with Crippen molar-refractivity contribution in [3.8, 4) is 5.75 Å². The average Bonchev–Trinajstić information content (AvgIpc) is 3.10. The molecule has 0 radical (unpaired) electrons. The van der Waals surface area contributed by atoms with E-state index in [0.717, 1.165) is 37.6 Å². The molecule has 2 heterocycles. The van der Waals surface area contributed by atoms with Crippen molar-refractivity contribution >= 4 is 0 Å². The lowest BCUT2D eigenvalue weighted by Crippen LogP contribution is -2.26. The van der Waals surface area contributed by atoms with Gasteiger partial charge in [-0.05, 0) is 44.2 Å². The molecule has 1 saturated heterocycles. The molecule has 1 aromatic carbocycles. The number of aryl methyl sites for hydroxylation is 1. The van der Waals surface area contributed by atoms with E-state index in [1.54, 1.807) is 12.1 Å². The number of likely N-dealkylation sites (tertiary alicyclic amines) is 1. The third-order valence-electron chi connectivity index (χ3n) is 3.87. The smallest absolute Gasteiger partial charge is 0.123 e. The van der Waals surface area contributed by atoms with E-state index in [9.17, 15) is 4.39 Å². The summed E-state index contributed by atoms with van der Waals surface area (Å²) in [6, 6.07) is 6.16. The summed E-state index contributed by atoms with van der Waals surface area (Å²) in [7, 11) is 0. The number of aromatic nitrogens is 2. The summed E-state index contributed by atoms with van der Waals surface area (Å²) in [5, 5.41) is 0. The maximum absolute atomic E-state index is 12.8. The lowest BCUT2D eigenvalue weighted by Gasteiger charge is -2.16. The second kappa shape index (κ2) is 6.26. The molecule has 21 heavy (non-hydrogen) atoms. The van der Waals surface area contributed by atoms with E-state index in [1.165, 1.54) is 12.1 Å². The molecule has 4 nitrogen and oxygen atoms in total. The van der Waals surface area contributed by atoms with Crippen LogP contribution in [-0.2, 0) is 0 Å². The van der Waals surface area contributed by atoms with Gasteiger partial charge in [-0.15, -0.1) is 0 Å². The van der Waals surface area contributed by atoms with Gasteiger partial charge in [0.25, 0.3) is 0 Å². The normalized spacial score (nSPS) is 19.0. The molecular formula is C16H20FN3O. The Bertz CT molecular complexity index is 581. The first kappa shape index (κ1) is 14.1. The van der Waals surface area contributed by atoms with Crippen LogP contribution in [0.15, 0.2) is 30.5 Å². The Balaban J connectivity index is 1.44. The monoisotopic (exact) mass is 289 g/mol. The van der Waals surface area contributed by atoms with E-state index in [0.29, 0.717) is 18.3 Å². The van der Waals surface area contributed by atoms with Crippen molar-refractivity contribution in [3.05, 3.63) is 47.8 Å². The van der Waals surface area contributed by atoms with Crippen LogP contribution in [-0.4, -0.2) is 41.1 Å². The number of halogens is 1. The predicted octanol–water partition coefficient (Wildman–Crippen LogP) is 2.73. The molecule has 0 bridgehead atoms. The summed E-state index contributed by atoms with van der Waals surface area (Å²) < 4.78 is 18.4.